The first-order valence-electron chi connectivity index (χ1n) is 7.84. The van der Waals surface area contributed by atoms with Crippen molar-refractivity contribution in [1.29, 1.82) is 0 Å². The Hall–Kier alpha value is -0.851. The Labute approximate surface area is 129 Å². The number of nitrogens with zero attached hydrogens (tertiary/aromatic N) is 1. The van der Waals surface area contributed by atoms with Gasteiger partial charge in [-0.25, -0.2) is 0 Å². The Kier molecular flexibility index (Phi) is 6.56. The van der Waals surface area contributed by atoms with Crippen molar-refractivity contribution in [2.75, 3.05) is 6.54 Å². The quantitative estimate of drug-likeness (QED) is 0.529. The van der Waals surface area contributed by atoms with Gasteiger partial charge in [0.2, 0.25) is 0 Å². The van der Waals surface area contributed by atoms with E-state index >= 15 is 0 Å². The molecule has 0 atom stereocenters. The number of hydrogen-bond donors (Lipinski definition) is 0. The summed E-state index contributed by atoms with van der Waals surface area (Å²) in [7, 11) is 0. The van der Waals surface area contributed by atoms with Gasteiger partial charge in [0.25, 0.3) is 0 Å². The molecule has 0 amide bonds. The van der Waals surface area contributed by atoms with Gasteiger partial charge in [-0.3, -0.25) is 0 Å². The molecule has 0 aliphatic carbocycles. The summed E-state index contributed by atoms with van der Waals surface area (Å²) in [6.45, 7) is 5.51. The number of benzene rings is 1. The topological polar surface area (TPSA) is 12.4 Å². The molecule has 0 radical (unpaired) electrons. The van der Waals surface area contributed by atoms with Gasteiger partial charge in [0.1, 0.15) is 0 Å². The Bertz CT molecular complexity index is 488. The molecular formula is C18H25NSe. The molecule has 1 aliphatic rings. The molecule has 1 heterocycles. The Morgan fingerprint density at radius 2 is 1.95 bits per heavy atom. The first-order chi connectivity index (χ1) is 9.85. The fourth-order valence-corrected chi connectivity index (χ4v) is 4.74. The van der Waals surface area contributed by atoms with Gasteiger partial charge in [-0.1, -0.05) is 0 Å². The number of unbranched alkanes of at least 4 members (excludes halogenated alkanes) is 3. The van der Waals surface area contributed by atoms with Crippen LogP contribution in [0.25, 0.3) is 4.47 Å². The summed E-state index contributed by atoms with van der Waals surface area (Å²) in [6.07, 6.45) is 9.78. The number of hydrogen-bond acceptors (Lipinski definition) is 1. The molecule has 1 aliphatic heterocycles. The van der Waals surface area contributed by atoms with Crippen LogP contribution < -0.4 is 0 Å². The maximum absolute atomic E-state index is 4.85. The van der Waals surface area contributed by atoms with Crippen LogP contribution in [0.15, 0.2) is 35.3 Å². The maximum atomic E-state index is 4.85. The summed E-state index contributed by atoms with van der Waals surface area (Å²) in [4.78, 5) is 4.85. The molecule has 0 unspecified atom stereocenters. The van der Waals surface area contributed by atoms with E-state index in [9.17, 15) is 0 Å². The van der Waals surface area contributed by atoms with Crippen LogP contribution in [0.2, 0.25) is 0 Å². The van der Waals surface area contributed by atoms with Crippen molar-refractivity contribution in [3.63, 3.8) is 0 Å². The Morgan fingerprint density at radius 1 is 1.15 bits per heavy atom. The van der Waals surface area contributed by atoms with Gasteiger partial charge >= 0.3 is 129 Å². The fraction of sp³-hybridized carbons (Fsp3) is 0.500. The zero-order valence-electron chi connectivity index (χ0n) is 12.7. The third kappa shape index (κ3) is 4.33. The molecule has 0 aromatic heterocycles. The molecule has 0 bridgehead atoms. The molecule has 0 fully saturated rings. The van der Waals surface area contributed by atoms with Crippen LogP contribution in [-0.2, 0) is 6.42 Å². The van der Waals surface area contributed by atoms with Crippen LogP contribution in [0.3, 0.4) is 0 Å². The van der Waals surface area contributed by atoms with E-state index in [0.29, 0.717) is 15.0 Å². The molecule has 20 heavy (non-hydrogen) atoms. The minimum absolute atomic E-state index is 0.440. The summed E-state index contributed by atoms with van der Waals surface area (Å²) in [5, 5.41) is 0. The fourth-order valence-electron chi connectivity index (χ4n) is 2.33. The molecule has 0 spiro atoms. The number of allylic oxidation sites excluding steroid dienone is 1. The monoisotopic (exact) mass is 335 g/mol. The van der Waals surface area contributed by atoms with Gasteiger partial charge in [-0.05, 0) is 0 Å². The normalized spacial score (nSPS) is 18.5. The summed E-state index contributed by atoms with van der Waals surface area (Å²) < 4.78 is 3.00. The third-order valence-electron chi connectivity index (χ3n) is 3.54. The van der Waals surface area contributed by atoms with E-state index in [4.69, 9.17) is 4.99 Å². The van der Waals surface area contributed by atoms with Gasteiger partial charge in [-0.15, -0.1) is 0 Å². The zero-order chi connectivity index (χ0) is 14.2. The van der Waals surface area contributed by atoms with E-state index < -0.39 is 0 Å². The van der Waals surface area contributed by atoms with E-state index in [1.165, 1.54) is 47.8 Å². The number of aliphatic imine (C=N–C) groups is 1. The molecular weight excluding hydrogens is 309 g/mol. The number of fused-ring (bicyclic) bond motifs is 1. The molecule has 0 N–H and O–H groups in total. The van der Waals surface area contributed by atoms with E-state index in [0.717, 1.165) is 13.0 Å². The first-order valence-corrected chi connectivity index (χ1v) is 9.56. The second-order valence-corrected chi connectivity index (χ2v) is 7.62. The van der Waals surface area contributed by atoms with Crippen LogP contribution in [0, 0.1) is 0 Å². The first kappa shape index (κ1) is 15.5. The molecule has 108 valence electrons. The van der Waals surface area contributed by atoms with Gasteiger partial charge in [0, 0.05) is 0 Å². The minimum atomic E-state index is 0.440. The van der Waals surface area contributed by atoms with Crippen LogP contribution in [0.4, 0.5) is 0 Å². The zero-order valence-corrected chi connectivity index (χ0v) is 14.4. The van der Waals surface area contributed by atoms with Crippen LogP contribution in [-0.4, -0.2) is 26.1 Å². The second-order valence-electron chi connectivity index (χ2n) is 5.28. The summed E-state index contributed by atoms with van der Waals surface area (Å²) in [6, 6.07) is 8.89. The summed E-state index contributed by atoms with van der Waals surface area (Å²) in [5.74, 6) is 0. The van der Waals surface area contributed by atoms with Crippen LogP contribution in [0.1, 0.15) is 57.1 Å². The molecule has 2 rings (SSSR count). The third-order valence-corrected chi connectivity index (χ3v) is 5.88. The Balaban J connectivity index is 2.17. The van der Waals surface area contributed by atoms with Gasteiger partial charge in [0.05, 0.1) is 0 Å². The van der Waals surface area contributed by atoms with Crippen molar-refractivity contribution >= 4 is 24.0 Å². The van der Waals surface area contributed by atoms with Crippen molar-refractivity contribution in [1.82, 2.24) is 0 Å². The van der Waals surface area contributed by atoms with Crippen LogP contribution in [0.5, 0.6) is 0 Å². The SMILES string of the molecule is CCCC/C=C1\[Se]C(=NCCCC)Cc2ccccc21. The van der Waals surface area contributed by atoms with Gasteiger partial charge in [-0.2, -0.15) is 0 Å². The molecule has 0 saturated heterocycles. The van der Waals surface area contributed by atoms with Crippen LogP contribution >= 0.6 is 0 Å². The molecule has 1 aromatic rings. The average Bonchev–Trinajstić information content (AvgIpc) is 2.48. The molecule has 1 nitrogen and oxygen atoms in total. The second kappa shape index (κ2) is 8.44. The number of rotatable bonds is 6. The predicted octanol–water partition coefficient (Wildman–Crippen LogP) is 4.68. The van der Waals surface area contributed by atoms with Crippen molar-refractivity contribution < 1.29 is 0 Å². The van der Waals surface area contributed by atoms with Gasteiger partial charge in [0.15, 0.2) is 0 Å². The van der Waals surface area contributed by atoms with E-state index in [-0.39, 0.29) is 0 Å². The van der Waals surface area contributed by atoms with Crippen molar-refractivity contribution in [2.24, 2.45) is 4.99 Å². The standard InChI is InChI=1S/C18H25NSe/c1-3-5-7-12-17-16-11-9-8-10-15(16)14-18(20-17)19-13-6-4-2/h8-12H,3-7,13-14H2,1-2H3/b17-12-,19-18?. The van der Waals surface area contributed by atoms with Gasteiger partial charge < -0.3 is 0 Å². The average molecular weight is 334 g/mol. The van der Waals surface area contributed by atoms with E-state index in [1.807, 2.05) is 0 Å². The van der Waals surface area contributed by atoms with Crippen molar-refractivity contribution in [3.8, 4) is 0 Å². The van der Waals surface area contributed by atoms with Crippen molar-refractivity contribution in [2.45, 2.75) is 52.4 Å². The molecule has 2 heteroatoms. The van der Waals surface area contributed by atoms with E-state index in [2.05, 4.69) is 44.2 Å². The van der Waals surface area contributed by atoms with Crippen molar-refractivity contribution in [3.05, 3.63) is 41.5 Å². The summed E-state index contributed by atoms with van der Waals surface area (Å²) >= 11 is 0.440. The summed E-state index contributed by atoms with van der Waals surface area (Å²) in [5.41, 5.74) is 2.96. The Morgan fingerprint density at radius 3 is 2.75 bits per heavy atom. The predicted molar refractivity (Wildman–Crippen MR) is 90.6 cm³/mol. The molecule has 1 aromatic carbocycles. The molecule has 0 saturated carbocycles. The van der Waals surface area contributed by atoms with E-state index in [1.54, 1.807) is 4.47 Å².